The number of carbonyl (C=O) groups is 2. The van der Waals surface area contributed by atoms with E-state index >= 15 is 0 Å². The first-order valence-electron chi connectivity index (χ1n) is 10.9. The monoisotopic (exact) mass is 483 g/mol. The topological polar surface area (TPSA) is 96.1 Å². The van der Waals surface area contributed by atoms with Gasteiger partial charge in [-0.15, -0.1) is 0 Å². The second-order valence-corrected chi connectivity index (χ2v) is 8.87. The van der Waals surface area contributed by atoms with Crippen LogP contribution >= 0.6 is 11.6 Å². The highest BCUT2D eigenvalue weighted by atomic mass is 35.5. The van der Waals surface area contributed by atoms with E-state index in [0.717, 1.165) is 16.7 Å². The lowest BCUT2D eigenvalue weighted by Gasteiger charge is -2.38. The number of ether oxygens (including phenoxy) is 1. The van der Waals surface area contributed by atoms with Crippen LogP contribution in [0.1, 0.15) is 24.3 Å². The first kappa shape index (κ1) is 23.8. The highest BCUT2D eigenvalue weighted by Gasteiger charge is 2.49. The minimum absolute atomic E-state index is 0.233. The van der Waals surface area contributed by atoms with Crippen molar-refractivity contribution >= 4 is 23.6 Å². The molecular formula is C25H26ClN3O5. The summed E-state index contributed by atoms with van der Waals surface area (Å²) >= 11 is 6.09. The molecule has 0 atom stereocenters. The lowest BCUT2D eigenvalue weighted by molar-refractivity contribution is -0.150. The van der Waals surface area contributed by atoms with Crippen LogP contribution in [0, 0.1) is 6.92 Å². The quantitative estimate of drug-likeness (QED) is 0.321. The number of aromatic nitrogens is 1. The Hall–Kier alpha value is -3.36. The van der Waals surface area contributed by atoms with Crippen molar-refractivity contribution in [3.05, 3.63) is 65.0 Å². The minimum Gasteiger partial charge on any atom is -0.468 e. The number of esters is 1. The molecular weight excluding hydrogens is 458 g/mol. The molecule has 9 heteroatoms. The molecule has 8 nitrogen and oxygen atoms in total. The van der Waals surface area contributed by atoms with E-state index in [1.54, 1.807) is 12.1 Å². The van der Waals surface area contributed by atoms with Gasteiger partial charge in [-0.1, -0.05) is 53.6 Å². The predicted octanol–water partition coefficient (Wildman–Crippen LogP) is 4.92. The van der Waals surface area contributed by atoms with Gasteiger partial charge in [0, 0.05) is 36.3 Å². The van der Waals surface area contributed by atoms with E-state index in [1.807, 2.05) is 43.3 Å². The summed E-state index contributed by atoms with van der Waals surface area (Å²) in [5.41, 5.74) is 2.15. The molecule has 4 rings (SSSR count). The van der Waals surface area contributed by atoms with Crippen LogP contribution in [0.4, 0.5) is 4.79 Å². The molecule has 2 aromatic carbocycles. The van der Waals surface area contributed by atoms with Gasteiger partial charge in [0.2, 0.25) is 5.89 Å². The van der Waals surface area contributed by atoms with Gasteiger partial charge < -0.3 is 14.1 Å². The molecule has 0 bridgehead atoms. The summed E-state index contributed by atoms with van der Waals surface area (Å²) in [7, 11) is 2.60. The Bertz CT molecular complexity index is 1120. The maximum absolute atomic E-state index is 13.1. The number of likely N-dealkylation sites (tertiary alicyclic amines) is 1. The molecule has 0 aliphatic carbocycles. The summed E-state index contributed by atoms with van der Waals surface area (Å²) < 4.78 is 11.5. The lowest BCUT2D eigenvalue weighted by atomic mass is 9.78. The number of hydrogen-bond donors (Lipinski definition) is 1. The Morgan fingerprint density at radius 2 is 1.68 bits per heavy atom. The van der Waals surface area contributed by atoms with Crippen molar-refractivity contribution in [3.63, 3.8) is 0 Å². The molecule has 1 aliphatic rings. The fourth-order valence-electron chi connectivity index (χ4n) is 4.21. The molecule has 1 N–H and O–H groups in total. The third kappa shape index (κ3) is 4.38. The molecule has 2 heterocycles. The van der Waals surface area contributed by atoms with Crippen molar-refractivity contribution in [2.75, 3.05) is 27.2 Å². The van der Waals surface area contributed by atoms with Gasteiger partial charge in [0.05, 0.1) is 7.11 Å². The van der Waals surface area contributed by atoms with Crippen LogP contribution in [-0.2, 0) is 14.9 Å². The first-order valence-corrected chi connectivity index (χ1v) is 11.3. The standard InChI is InChI=1S/C25H26ClN3O5/c1-16-4-6-18(7-5-16)21-20(17-8-10-19(26)11-9-17)27-22(34-21)25(23(30)33-3)12-14-29(15-13-25)24(31)28(2)32/h4-11,32H,12-15H2,1-3H3. The number of aryl methyl sites for hydroxylation is 1. The average Bonchev–Trinajstić information content (AvgIpc) is 3.30. The Kier molecular flexibility index (Phi) is 6.63. The SMILES string of the molecule is COC(=O)C1(c2nc(-c3ccc(Cl)cc3)c(-c3ccc(C)cc3)o2)CCN(C(=O)N(C)O)CC1. The normalized spacial score (nSPS) is 15.1. The number of nitrogens with zero attached hydrogens (tertiary/aromatic N) is 3. The third-order valence-corrected chi connectivity index (χ3v) is 6.46. The number of hydroxylamine groups is 2. The van der Waals surface area contributed by atoms with E-state index in [0.29, 0.717) is 21.5 Å². The average molecular weight is 484 g/mol. The molecule has 0 spiro atoms. The number of piperidine rings is 1. The van der Waals surface area contributed by atoms with Crippen LogP contribution < -0.4 is 0 Å². The zero-order valence-electron chi connectivity index (χ0n) is 19.2. The number of oxazole rings is 1. The summed E-state index contributed by atoms with van der Waals surface area (Å²) in [4.78, 5) is 31.6. The summed E-state index contributed by atoms with van der Waals surface area (Å²) in [6, 6.07) is 14.6. The molecule has 178 valence electrons. The van der Waals surface area contributed by atoms with Gasteiger partial charge >= 0.3 is 12.0 Å². The van der Waals surface area contributed by atoms with E-state index < -0.39 is 17.4 Å². The predicted molar refractivity (Wildman–Crippen MR) is 127 cm³/mol. The fraction of sp³-hybridized carbons (Fsp3) is 0.320. The first-order chi connectivity index (χ1) is 16.2. The molecule has 1 aliphatic heterocycles. The van der Waals surface area contributed by atoms with Crippen molar-refractivity contribution in [3.8, 4) is 22.6 Å². The summed E-state index contributed by atoms with van der Waals surface area (Å²) in [5.74, 6) is 0.301. The second-order valence-electron chi connectivity index (χ2n) is 8.44. The van der Waals surface area contributed by atoms with Gasteiger partial charge in [-0.2, -0.15) is 0 Å². The van der Waals surface area contributed by atoms with Gasteiger partial charge in [-0.05, 0) is 31.9 Å². The highest BCUT2D eigenvalue weighted by Crippen LogP contribution is 2.42. The Morgan fingerprint density at radius 1 is 1.09 bits per heavy atom. The van der Waals surface area contributed by atoms with Gasteiger partial charge in [-0.25, -0.2) is 14.8 Å². The summed E-state index contributed by atoms with van der Waals surface area (Å²) in [6.45, 7) is 2.47. The van der Waals surface area contributed by atoms with Crippen LogP contribution in [0.25, 0.3) is 22.6 Å². The largest absolute Gasteiger partial charge is 0.468 e. The molecule has 3 aromatic rings. The van der Waals surface area contributed by atoms with Crippen molar-refractivity contribution < 1.29 is 24.0 Å². The Morgan fingerprint density at radius 3 is 2.24 bits per heavy atom. The molecule has 0 saturated carbocycles. The number of rotatable bonds is 4. The van der Waals surface area contributed by atoms with Crippen LogP contribution in [0.5, 0.6) is 0 Å². The van der Waals surface area contributed by atoms with Crippen molar-refractivity contribution in [2.24, 2.45) is 0 Å². The Labute approximate surface area is 202 Å². The van der Waals surface area contributed by atoms with Gasteiger partial charge in [-0.3, -0.25) is 10.0 Å². The molecule has 1 saturated heterocycles. The van der Waals surface area contributed by atoms with E-state index in [-0.39, 0.29) is 31.8 Å². The highest BCUT2D eigenvalue weighted by molar-refractivity contribution is 6.30. The zero-order chi connectivity index (χ0) is 24.5. The fourth-order valence-corrected chi connectivity index (χ4v) is 4.34. The summed E-state index contributed by atoms with van der Waals surface area (Å²) in [6.07, 6.45) is 0.486. The number of hydrogen-bond acceptors (Lipinski definition) is 6. The number of carbonyl (C=O) groups excluding carboxylic acids is 2. The van der Waals surface area contributed by atoms with E-state index in [1.165, 1.54) is 19.1 Å². The maximum Gasteiger partial charge on any atom is 0.343 e. The van der Waals surface area contributed by atoms with E-state index in [9.17, 15) is 14.8 Å². The number of benzene rings is 2. The van der Waals surface area contributed by atoms with Crippen molar-refractivity contribution in [2.45, 2.75) is 25.2 Å². The van der Waals surface area contributed by atoms with Crippen molar-refractivity contribution in [1.82, 2.24) is 14.9 Å². The Balaban J connectivity index is 1.80. The number of methoxy groups -OCH3 is 1. The molecule has 2 amide bonds. The van der Waals surface area contributed by atoms with Gasteiger partial charge in [0.1, 0.15) is 11.1 Å². The summed E-state index contributed by atoms with van der Waals surface area (Å²) in [5, 5.41) is 10.6. The zero-order valence-corrected chi connectivity index (χ0v) is 20.0. The molecule has 0 radical (unpaired) electrons. The van der Waals surface area contributed by atoms with Crippen LogP contribution in [0.2, 0.25) is 5.02 Å². The lowest BCUT2D eigenvalue weighted by Crippen LogP contribution is -2.51. The van der Waals surface area contributed by atoms with Crippen molar-refractivity contribution in [1.29, 1.82) is 0 Å². The smallest absolute Gasteiger partial charge is 0.343 e. The number of halogens is 1. The van der Waals surface area contributed by atoms with Crippen LogP contribution in [0.15, 0.2) is 52.9 Å². The number of amides is 2. The van der Waals surface area contributed by atoms with Gasteiger partial charge in [0.15, 0.2) is 5.76 Å². The third-order valence-electron chi connectivity index (χ3n) is 6.21. The van der Waals surface area contributed by atoms with Gasteiger partial charge in [0.25, 0.3) is 0 Å². The number of urea groups is 1. The molecule has 0 unspecified atom stereocenters. The maximum atomic E-state index is 13.1. The van der Waals surface area contributed by atoms with Crippen LogP contribution in [0.3, 0.4) is 0 Å². The molecule has 34 heavy (non-hydrogen) atoms. The van der Waals surface area contributed by atoms with Crippen LogP contribution in [-0.4, -0.2) is 59.4 Å². The van der Waals surface area contributed by atoms with E-state index in [2.05, 4.69) is 0 Å². The molecule has 1 fully saturated rings. The van der Waals surface area contributed by atoms with E-state index in [4.69, 9.17) is 25.7 Å². The minimum atomic E-state index is -1.16. The molecule has 1 aromatic heterocycles. The second kappa shape index (κ2) is 9.48.